The summed E-state index contributed by atoms with van der Waals surface area (Å²) in [7, 11) is 0. The van der Waals surface area contributed by atoms with E-state index in [2.05, 4.69) is 0 Å². The van der Waals surface area contributed by atoms with Gasteiger partial charge in [0.25, 0.3) is 0 Å². The van der Waals surface area contributed by atoms with Crippen LogP contribution < -0.4 is 5.63 Å². The van der Waals surface area contributed by atoms with Crippen molar-refractivity contribution in [3.05, 3.63) is 68.2 Å². The summed E-state index contributed by atoms with van der Waals surface area (Å²) in [6.45, 7) is 2.00. The molecule has 5 heteroatoms. The van der Waals surface area contributed by atoms with Gasteiger partial charge in [-0.25, -0.2) is 4.79 Å². The van der Waals surface area contributed by atoms with E-state index in [4.69, 9.17) is 9.15 Å². The number of rotatable bonds is 5. The average Bonchev–Trinajstić information content (AvgIpc) is 3.03. The van der Waals surface area contributed by atoms with Crippen LogP contribution in [0.4, 0.5) is 0 Å². The summed E-state index contributed by atoms with van der Waals surface area (Å²) in [5.74, 6) is -0.273. The van der Waals surface area contributed by atoms with Crippen molar-refractivity contribution in [3.63, 3.8) is 0 Å². The lowest BCUT2D eigenvalue weighted by molar-refractivity contribution is -0.144. The van der Waals surface area contributed by atoms with Crippen molar-refractivity contribution in [2.45, 2.75) is 26.4 Å². The van der Waals surface area contributed by atoms with Crippen molar-refractivity contribution in [3.8, 4) is 0 Å². The highest BCUT2D eigenvalue weighted by Gasteiger charge is 2.09. The lowest BCUT2D eigenvalue weighted by atomic mass is 10.1. The third-order valence-corrected chi connectivity index (χ3v) is 4.30. The van der Waals surface area contributed by atoms with Crippen LogP contribution in [0.2, 0.25) is 0 Å². The van der Waals surface area contributed by atoms with Gasteiger partial charge in [0.15, 0.2) is 0 Å². The van der Waals surface area contributed by atoms with E-state index in [9.17, 15) is 9.59 Å². The Bertz CT molecular complexity index is 878. The molecule has 0 atom stereocenters. The van der Waals surface area contributed by atoms with Crippen LogP contribution in [0, 0.1) is 6.92 Å². The molecule has 2 heterocycles. The second-order valence-electron chi connectivity index (χ2n) is 5.38. The summed E-state index contributed by atoms with van der Waals surface area (Å²) in [4.78, 5) is 23.5. The van der Waals surface area contributed by atoms with Crippen LogP contribution in [0.3, 0.4) is 0 Å². The fourth-order valence-electron chi connectivity index (χ4n) is 2.37. The second kappa shape index (κ2) is 6.79. The molecule has 4 nitrogen and oxygen atoms in total. The highest BCUT2D eigenvalue weighted by atomic mass is 32.1. The molecule has 2 aromatic heterocycles. The zero-order valence-electron chi connectivity index (χ0n) is 12.7. The molecule has 1 aromatic carbocycles. The molecule has 0 aliphatic carbocycles. The quantitative estimate of drug-likeness (QED) is 0.527. The van der Waals surface area contributed by atoms with Gasteiger partial charge >= 0.3 is 11.6 Å². The van der Waals surface area contributed by atoms with E-state index < -0.39 is 5.63 Å². The molecule has 0 saturated heterocycles. The van der Waals surface area contributed by atoms with E-state index in [1.54, 1.807) is 17.4 Å². The Morgan fingerprint density at radius 2 is 2.13 bits per heavy atom. The van der Waals surface area contributed by atoms with Crippen molar-refractivity contribution < 1.29 is 13.9 Å². The van der Waals surface area contributed by atoms with E-state index in [1.807, 2.05) is 35.9 Å². The van der Waals surface area contributed by atoms with Gasteiger partial charge in [0, 0.05) is 23.4 Å². The predicted octanol–water partition coefficient (Wildman–Crippen LogP) is 3.84. The number of esters is 1. The molecule has 0 amide bonds. The van der Waals surface area contributed by atoms with E-state index in [0.717, 1.165) is 16.5 Å². The Hall–Kier alpha value is -2.40. The van der Waals surface area contributed by atoms with Crippen LogP contribution in [0.15, 0.2) is 50.3 Å². The molecule has 0 aliphatic heterocycles. The lowest BCUT2D eigenvalue weighted by Gasteiger charge is -2.07. The van der Waals surface area contributed by atoms with Gasteiger partial charge in [-0.05, 0) is 47.4 Å². The smallest absolute Gasteiger partial charge is 0.336 e. The minimum Gasteiger partial charge on any atom is -0.461 e. The topological polar surface area (TPSA) is 56.5 Å². The Labute approximate surface area is 137 Å². The average molecular weight is 328 g/mol. The molecule has 3 aromatic rings. The van der Waals surface area contributed by atoms with Crippen LogP contribution >= 0.6 is 11.3 Å². The number of hydrogen-bond donors (Lipinski definition) is 0. The summed E-state index contributed by atoms with van der Waals surface area (Å²) >= 11 is 1.61. The van der Waals surface area contributed by atoms with Crippen molar-refractivity contribution >= 4 is 28.3 Å². The highest BCUT2D eigenvalue weighted by Crippen LogP contribution is 2.19. The molecule has 0 fully saturated rings. The Balaban J connectivity index is 1.69. The minimum absolute atomic E-state index is 0.0770. The molecule has 23 heavy (non-hydrogen) atoms. The maximum atomic E-state index is 11.9. The zero-order valence-corrected chi connectivity index (χ0v) is 13.5. The normalized spacial score (nSPS) is 10.8. The van der Waals surface area contributed by atoms with Crippen molar-refractivity contribution in [2.24, 2.45) is 0 Å². The molecule has 0 radical (unpaired) electrons. The van der Waals surface area contributed by atoms with Crippen molar-refractivity contribution in [1.29, 1.82) is 0 Å². The molecule has 0 bridgehead atoms. The van der Waals surface area contributed by atoms with E-state index in [-0.39, 0.29) is 12.6 Å². The predicted molar refractivity (Wildman–Crippen MR) is 89.7 cm³/mol. The van der Waals surface area contributed by atoms with Gasteiger partial charge in [-0.15, -0.1) is 0 Å². The molecule has 118 valence electrons. The van der Waals surface area contributed by atoms with Crippen LogP contribution in [0.25, 0.3) is 11.0 Å². The molecule has 0 spiro atoms. The van der Waals surface area contributed by atoms with Crippen LogP contribution in [-0.2, 0) is 22.6 Å². The van der Waals surface area contributed by atoms with E-state index >= 15 is 0 Å². The van der Waals surface area contributed by atoms with Gasteiger partial charge in [-0.2, -0.15) is 11.3 Å². The van der Waals surface area contributed by atoms with Gasteiger partial charge in [-0.1, -0.05) is 12.1 Å². The van der Waals surface area contributed by atoms with Crippen molar-refractivity contribution in [2.75, 3.05) is 0 Å². The molecule has 0 aliphatic rings. The Kier molecular flexibility index (Phi) is 4.57. The molecular formula is C18H16O4S. The molecule has 3 rings (SSSR count). The standard InChI is InChI=1S/C18H16O4S/c1-12-2-4-15-14(9-18(20)22-16(15)8-12)10-21-17(19)5-3-13-6-7-23-11-13/h2,4,6-9,11H,3,5,10H2,1H3. The first-order valence-corrected chi connectivity index (χ1v) is 8.26. The molecule has 0 saturated carbocycles. The van der Waals surface area contributed by atoms with Gasteiger partial charge in [0.05, 0.1) is 0 Å². The van der Waals surface area contributed by atoms with E-state index in [0.29, 0.717) is 24.0 Å². The van der Waals surface area contributed by atoms with Crippen molar-refractivity contribution in [1.82, 2.24) is 0 Å². The summed E-state index contributed by atoms with van der Waals surface area (Å²) in [6, 6.07) is 8.99. The minimum atomic E-state index is -0.438. The third-order valence-electron chi connectivity index (χ3n) is 3.57. The summed E-state index contributed by atoms with van der Waals surface area (Å²) < 4.78 is 10.5. The van der Waals surface area contributed by atoms with Gasteiger partial charge in [-0.3, -0.25) is 4.79 Å². The van der Waals surface area contributed by atoms with Gasteiger partial charge in [0.1, 0.15) is 12.2 Å². The first-order valence-electron chi connectivity index (χ1n) is 7.32. The van der Waals surface area contributed by atoms with Crippen LogP contribution in [0.1, 0.15) is 23.1 Å². The fourth-order valence-corrected chi connectivity index (χ4v) is 3.07. The number of thiophene rings is 1. The Morgan fingerprint density at radius 1 is 1.26 bits per heavy atom. The van der Waals surface area contributed by atoms with Gasteiger partial charge in [0.2, 0.25) is 0 Å². The SMILES string of the molecule is Cc1ccc2c(COC(=O)CCc3ccsc3)cc(=O)oc2c1. The first-order chi connectivity index (χ1) is 11.1. The Morgan fingerprint density at radius 3 is 2.91 bits per heavy atom. The summed E-state index contributed by atoms with van der Waals surface area (Å²) in [5, 5.41) is 4.80. The first kappa shape index (κ1) is 15.5. The highest BCUT2D eigenvalue weighted by molar-refractivity contribution is 7.07. The third kappa shape index (κ3) is 3.87. The maximum absolute atomic E-state index is 11.9. The summed E-state index contributed by atoms with van der Waals surface area (Å²) in [5.41, 5.74) is 2.88. The number of hydrogen-bond acceptors (Lipinski definition) is 5. The van der Waals surface area contributed by atoms with Crippen LogP contribution in [-0.4, -0.2) is 5.97 Å². The summed E-state index contributed by atoms with van der Waals surface area (Å²) in [6.07, 6.45) is 0.994. The maximum Gasteiger partial charge on any atom is 0.336 e. The monoisotopic (exact) mass is 328 g/mol. The lowest BCUT2D eigenvalue weighted by Crippen LogP contribution is -2.08. The number of carbonyl (C=O) groups excluding carboxylic acids is 1. The second-order valence-corrected chi connectivity index (χ2v) is 6.16. The number of ether oxygens (including phenoxy) is 1. The molecular weight excluding hydrogens is 312 g/mol. The van der Waals surface area contributed by atoms with E-state index in [1.165, 1.54) is 6.07 Å². The zero-order chi connectivity index (χ0) is 16.2. The molecule has 0 unspecified atom stereocenters. The van der Waals surface area contributed by atoms with Crippen LogP contribution in [0.5, 0.6) is 0 Å². The number of aryl methyl sites for hydroxylation is 2. The fraction of sp³-hybridized carbons (Fsp3) is 0.222. The van der Waals surface area contributed by atoms with Gasteiger partial charge < -0.3 is 9.15 Å². The largest absolute Gasteiger partial charge is 0.461 e. The number of benzene rings is 1. The number of carbonyl (C=O) groups is 1. The number of fused-ring (bicyclic) bond motifs is 1. The molecule has 0 N–H and O–H groups in total.